The number of fused-ring (bicyclic) bond motifs is 1. The van der Waals surface area contributed by atoms with Crippen LogP contribution in [0, 0.1) is 5.92 Å². The molecule has 5 rings (SSSR count). The Morgan fingerprint density at radius 1 is 1.07 bits per heavy atom. The van der Waals surface area contributed by atoms with Gasteiger partial charge >= 0.3 is 0 Å². The topological polar surface area (TPSA) is 105 Å². The number of ether oxygens (including phenoxy) is 2. The molecule has 0 unspecified atom stereocenters. The zero-order valence-corrected chi connectivity index (χ0v) is 15.8. The average Bonchev–Trinajstić information content (AvgIpc) is 3.38. The molecule has 3 heterocycles. The van der Waals surface area contributed by atoms with E-state index in [1.807, 2.05) is 0 Å². The SMILES string of the molecule is O=C1C[C@H](N(C(=O)[C@@H]2CC(=O)N(c3ccc4c(c3)OCCO4)C2)C2CC2)C(=O)N1. The van der Waals surface area contributed by atoms with Gasteiger partial charge in [0.15, 0.2) is 11.5 Å². The van der Waals surface area contributed by atoms with Crippen LogP contribution in [0.4, 0.5) is 5.69 Å². The van der Waals surface area contributed by atoms with Crippen LogP contribution in [-0.2, 0) is 19.2 Å². The van der Waals surface area contributed by atoms with Gasteiger partial charge in [-0.2, -0.15) is 0 Å². The van der Waals surface area contributed by atoms with E-state index in [0.717, 1.165) is 12.8 Å². The van der Waals surface area contributed by atoms with Crippen LogP contribution in [0.5, 0.6) is 11.5 Å². The summed E-state index contributed by atoms with van der Waals surface area (Å²) in [5, 5.41) is 2.27. The van der Waals surface area contributed by atoms with E-state index < -0.39 is 17.9 Å². The fraction of sp³-hybridized carbons (Fsp3) is 0.500. The quantitative estimate of drug-likeness (QED) is 0.726. The Balaban J connectivity index is 1.35. The number of benzene rings is 1. The average molecular weight is 399 g/mol. The molecule has 0 aromatic heterocycles. The van der Waals surface area contributed by atoms with Gasteiger partial charge in [0.2, 0.25) is 23.6 Å². The van der Waals surface area contributed by atoms with Gasteiger partial charge in [0.1, 0.15) is 19.3 Å². The van der Waals surface area contributed by atoms with Crippen molar-refractivity contribution in [2.75, 3.05) is 24.7 Å². The molecule has 29 heavy (non-hydrogen) atoms. The minimum Gasteiger partial charge on any atom is -0.486 e. The van der Waals surface area contributed by atoms with E-state index in [2.05, 4.69) is 5.32 Å². The molecule has 1 aromatic rings. The van der Waals surface area contributed by atoms with Gasteiger partial charge in [-0.05, 0) is 25.0 Å². The molecular weight excluding hydrogens is 378 g/mol. The van der Waals surface area contributed by atoms with Gasteiger partial charge in [0.25, 0.3) is 0 Å². The fourth-order valence-electron chi connectivity index (χ4n) is 4.24. The van der Waals surface area contributed by atoms with Crippen molar-refractivity contribution < 1.29 is 28.7 Å². The number of carbonyl (C=O) groups excluding carboxylic acids is 4. The molecule has 4 aliphatic rings. The van der Waals surface area contributed by atoms with Crippen LogP contribution in [0.3, 0.4) is 0 Å². The number of imide groups is 1. The summed E-state index contributed by atoms with van der Waals surface area (Å²) in [5.74, 6) is -0.492. The van der Waals surface area contributed by atoms with Crippen molar-refractivity contribution in [3.05, 3.63) is 18.2 Å². The summed E-state index contributed by atoms with van der Waals surface area (Å²) in [4.78, 5) is 52.8. The molecule has 152 valence electrons. The number of carbonyl (C=O) groups is 4. The molecule has 1 N–H and O–H groups in total. The zero-order valence-electron chi connectivity index (χ0n) is 15.8. The third-order valence-corrected chi connectivity index (χ3v) is 5.79. The van der Waals surface area contributed by atoms with Crippen LogP contribution < -0.4 is 19.7 Å². The van der Waals surface area contributed by atoms with E-state index in [4.69, 9.17) is 9.47 Å². The standard InChI is InChI=1S/C20H21N3O6/c24-17-9-14(19(26)21-17)23(12-1-2-12)20(27)11-7-18(25)22(10-11)13-3-4-15-16(8-13)29-6-5-28-15/h3-4,8,11-12,14H,1-2,5-7,9-10H2,(H,21,24,26)/t11-,14+/m1/s1. The molecule has 2 saturated heterocycles. The second kappa shape index (κ2) is 6.75. The monoisotopic (exact) mass is 399 g/mol. The lowest BCUT2D eigenvalue weighted by Gasteiger charge is -2.29. The highest BCUT2D eigenvalue weighted by Gasteiger charge is 2.48. The first-order valence-corrected chi connectivity index (χ1v) is 9.87. The molecular formula is C20H21N3O6. The van der Waals surface area contributed by atoms with E-state index >= 15 is 0 Å². The Morgan fingerprint density at radius 3 is 2.52 bits per heavy atom. The van der Waals surface area contributed by atoms with Gasteiger partial charge in [-0.3, -0.25) is 24.5 Å². The Kier molecular flexibility index (Phi) is 4.18. The second-order valence-corrected chi connectivity index (χ2v) is 7.84. The number of hydrogen-bond acceptors (Lipinski definition) is 6. The molecule has 9 nitrogen and oxygen atoms in total. The van der Waals surface area contributed by atoms with Crippen LogP contribution in [0.1, 0.15) is 25.7 Å². The maximum Gasteiger partial charge on any atom is 0.249 e. The van der Waals surface area contributed by atoms with Crippen molar-refractivity contribution in [1.82, 2.24) is 10.2 Å². The van der Waals surface area contributed by atoms with E-state index in [9.17, 15) is 19.2 Å². The summed E-state index contributed by atoms with van der Waals surface area (Å²) in [6.45, 7) is 1.17. The first kappa shape index (κ1) is 18.0. The summed E-state index contributed by atoms with van der Waals surface area (Å²) in [7, 11) is 0. The number of nitrogens with one attached hydrogen (secondary N) is 1. The lowest BCUT2D eigenvalue weighted by molar-refractivity contribution is -0.142. The van der Waals surface area contributed by atoms with Gasteiger partial charge in [0.05, 0.1) is 12.3 Å². The zero-order chi connectivity index (χ0) is 20.1. The molecule has 9 heteroatoms. The lowest BCUT2D eigenvalue weighted by atomic mass is 10.0. The van der Waals surface area contributed by atoms with Crippen LogP contribution in [-0.4, -0.2) is 60.4 Å². The number of amides is 4. The molecule has 1 aromatic carbocycles. The second-order valence-electron chi connectivity index (χ2n) is 7.84. The van der Waals surface area contributed by atoms with Gasteiger partial charge in [-0.15, -0.1) is 0 Å². The number of rotatable bonds is 4. The van der Waals surface area contributed by atoms with Crippen LogP contribution in [0.2, 0.25) is 0 Å². The molecule has 3 fully saturated rings. The highest BCUT2D eigenvalue weighted by molar-refractivity contribution is 6.07. The third-order valence-electron chi connectivity index (χ3n) is 5.79. The Morgan fingerprint density at radius 2 is 1.83 bits per heavy atom. The molecule has 4 amide bonds. The number of nitrogens with zero attached hydrogens (tertiary/aromatic N) is 2. The van der Waals surface area contributed by atoms with Crippen molar-refractivity contribution in [1.29, 1.82) is 0 Å². The van der Waals surface area contributed by atoms with Crippen LogP contribution >= 0.6 is 0 Å². The summed E-state index contributed by atoms with van der Waals surface area (Å²) < 4.78 is 11.1. The van der Waals surface area contributed by atoms with Crippen molar-refractivity contribution in [3.8, 4) is 11.5 Å². The highest BCUT2D eigenvalue weighted by Crippen LogP contribution is 2.38. The Labute approximate surface area is 166 Å². The minimum atomic E-state index is -0.763. The molecule has 1 saturated carbocycles. The molecule has 0 radical (unpaired) electrons. The fourth-order valence-corrected chi connectivity index (χ4v) is 4.24. The van der Waals surface area contributed by atoms with Crippen LogP contribution in [0.15, 0.2) is 18.2 Å². The molecule has 3 aliphatic heterocycles. The lowest BCUT2D eigenvalue weighted by Crippen LogP contribution is -2.48. The van der Waals surface area contributed by atoms with Gasteiger partial charge in [-0.1, -0.05) is 0 Å². The Bertz CT molecular complexity index is 911. The first-order chi connectivity index (χ1) is 14.0. The molecule has 0 bridgehead atoms. The highest BCUT2D eigenvalue weighted by atomic mass is 16.6. The first-order valence-electron chi connectivity index (χ1n) is 9.87. The normalized spacial score (nSPS) is 25.9. The van der Waals surface area contributed by atoms with Gasteiger partial charge in [0, 0.05) is 30.8 Å². The van der Waals surface area contributed by atoms with E-state index in [1.165, 1.54) is 0 Å². The smallest absolute Gasteiger partial charge is 0.249 e. The molecule has 2 atom stereocenters. The van der Waals surface area contributed by atoms with E-state index in [-0.39, 0.29) is 43.1 Å². The predicted molar refractivity (Wildman–Crippen MR) is 99.3 cm³/mol. The van der Waals surface area contributed by atoms with Gasteiger partial charge < -0.3 is 19.3 Å². The summed E-state index contributed by atoms with van der Waals surface area (Å²) in [6, 6.07) is 4.50. The van der Waals surface area contributed by atoms with Crippen LogP contribution in [0.25, 0.3) is 0 Å². The summed E-state index contributed by atoms with van der Waals surface area (Å²) in [6.07, 6.45) is 1.71. The maximum absolute atomic E-state index is 13.2. The van der Waals surface area contributed by atoms with E-state index in [0.29, 0.717) is 30.4 Å². The summed E-state index contributed by atoms with van der Waals surface area (Å²) in [5.41, 5.74) is 0.654. The third kappa shape index (κ3) is 3.20. The van der Waals surface area contributed by atoms with Crippen molar-refractivity contribution in [3.63, 3.8) is 0 Å². The van der Waals surface area contributed by atoms with Gasteiger partial charge in [-0.25, -0.2) is 0 Å². The maximum atomic E-state index is 13.2. The number of anilines is 1. The molecule has 0 spiro atoms. The molecule has 1 aliphatic carbocycles. The van der Waals surface area contributed by atoms with E-state index in [1.54, 1.807) is 28.0 Å². The van der Waals surface area contributed by atoms with Crippen molar-refractivity contribution in [2.24, 2.45) is 5.92 Å². The predicted octanol–water partition coefficient (Wildman–Crippen LogP) is 0.217. The number of hydrogen-bond donors (Lipinski definition) is 1. The Hall–Kier alpha value is -3.10. The van der Waals surface area contributed by atoms with Crippen molar-refractivity contribution >= 4 is 29.3 Å². The largest absolute Gasteiger partial charge is 0.486 e. The van der Waals surface area contributed by atoms with Crippen molar-refractivity contribution in [2.45, 2.75) is 37.8 Å². The summed E-state index contributed by atoms with van der Waals surface area (Å²) >= 11 is 0. The minimum absolute atomic E-state index is 0.00633.